The molecule has 0 spiro atoms. The summed E-state index contributed by atoms with van der Waals surface area (Å²) in [6, 6.07) is 12.0. The van der Waals surface area contributed by atoms with Crippen LogP contribution in [0.3, 0.4) is 0 Å². The summed E-state index contributed by atoms with van der Waals surface area (Å²) in [6.45, 7) is 0.265. The second kappa shape index (κ2) is 5.87. The highest BCUT2D eigenvalue weighted by Crippen LogP contribution is 2.20. The lowest BCUT2D eigenvalue weighted by Crippen LogP contribution is -2.03. The fourth-order valence-corrected chi connectivity index (χ4v) is 2.07. The van der Waals surface area contributed by atoms with Gasteiger partial charge in [-0.2, -0.15) is 0 Å². The van der Waals surface area contributed by atoms with Gasteiger partial charge >= 0.3 is 0 Å². The molecule has 1 N–H and O–H groups in total. The molecule has 0 saturated heterocycles. The van der Waals surface area contributed by atoms with Crippen molar-refractivity contribution in [1.29, 1.82) is 0 Å². The molecule has 94 valence electrons. The Hall–Kier alpha value is -1.55. The van der Waals surface area contributed by atoms with E-state index in [1.807, 2.05) is 30.5 Å². The number of rotatable bonds is 4. The number of thioether (sulfide) groups is 1. The molecule has 0 bridgehead atoms. The molecule has 0 amide bonds. The van der Waals surface area contributed by atoms with Crippen LogP contribution in [0.5, 0.6) is 0 Å². The average molecular weight is 265 g/mol. The molecular weight excluding hydrogens is 252 g/mol. The summed E-state index contributed by atoms with van der Waals surface area (Å²) < 4.78 is 26.4. The number of nitrogens with one attached hydrogen (secondary N) is 1. The van der Waals surface area contributed by atoms with Gasteiger partial charge in [0, 0.05) is 22.7 Å². The van der Waals surface area contributed by atoms with Crippen LogP contribution < -0.4 is 5.32 Å². The van der Waals surface area contributed by atoms with E-state index in [1.165, 1.54) is 6.07 Å². The van der Waals surface area contributed by atoms with E-state index in [-0.39, 0.29) is 6.54 Å². The molecule has 0 aliphatic heterocycles. The largest absolute Gasteiger partial charge is 0.381 e. The maximum atomic E-state index is 13.4. The van der Waals surface area contributed by atoms with Crippen molar-refractivity contribution in [1.82, 2.24) is 0 Å². The van der Waals surface area contributed by atoms with Gasteiger partial charge in [-0.25, -0.2) is 8.78 Å². The third-order valence-corrected chi connectivity index (χ3v) is 3.31. The molecule has 0 heterocycles. The Morgan fingerprint density at radius 1 is 1.11 bits per heavy atom. The molecule has 4 heteroatoms. The quantitative estimate of drug-likeness (QED) is 0.827. The molecule has 0 unspecified atom stereocenters. The highest BCUT2D eigenvalue weighted by Gasteiger charge is 2.06. The maximum Gasteiger partial charge on any atom is 0.163 e. The summed E-state index contributed by atoms with van der Waals surface area (Å²) in [5.74, 6) is -1.60. The topological polar surface area (TPSA) is 12.0 Å². The minimum absolute atomic E-state index is 0.265. The molecule has 2 rings (SSSR count). The second-order valence-corrected chi connectivity index (χ2v) is 4.68. The van der Waals surface area contributed by atoms with Crippen molar-refractivity contribution < 1.29 is 8.78 Å². The van der Waals surface area contributed by atoms with E-state index in [1.54, 1.807) is 17.8 Å². The fourth-order valence-electron chi connectivity index (χ4n) is 1.62. The van der Waals surface area contributed by atoms with Gasteiger partial charge < -0.3 is 5.32 Å². The molecule has 2 aromatic rings. The first-order valence-electron chi connectivity index (χ1n) is 5.51. The molecule has 1 nitrogen and oxygen atoms in total. The van der Waals surface area contributed by atoms with E-state index < -0.39 is 11.6 Å². The van der Waals surface area contributed by atoms with Crippen molar-refractivity contribution in [2.45, 2.75) is 11.4 Å². The second-order valence-electron chi connectivity index (χ2n) is 3.80. The Morgan fingerprint density at radius 2 is 1.89 bits per heavy atom. The van der Waals surface area contributed by atoms with Crippen LogP contribution in [-0.4, -0.2) is 6.26 Å². The first-order chi connectivity index (χ1) is 8.70. The zero-order valence-corrected chi connectivity index (χ0v) is 10.7. The fraction of sp³-hybridized carbons (Fsp3) is 0.143. The normalized spacial score (nSPS) is 10.4. The predicted octanol–water partition coefficient (Wildman–Crippen LogP) is 4.30. The maximum absolute atomic E-state index is 13.4. The number of benzene rings is 2. The molecule has 0 aliphatic rings. The van der Waals surface area contributed by atoms with Crippen LogP contribution in [0.25, 0.3) is 0 Å². The van der Waals surface area contributed by atoms with E-state index in [0.717, 1.165) is 16.6 Å². The van der Waals surface area contributed by atoms with Gasteiger partial charge in [0.1, 0.15) is 0 Å². The highest BCUT2D eigenvalue weighted by molar-refractivity contribution is 7.98. The lowest BCUT2D eigenvalue weighted by molar-refractivity contribution is 0.500. The van der Waals surface area contributed by atoms with Gasteiger partial charge in [0.05, 0.1) is 0 Å². The highest BCUT2D eigenvalue weighted by atomic mass is 32.2. The summed E-state index contributed by atoms with van der Waals surface area (Å²) in [5, 5.41) is 3.08. The summed E-state index contributed by atoms with van der Waals surface area (Å²) in [7, 11) is 0. The van der Waals surface area contributed by atoms with Crippen LogP contribution in [0.2, 0.25) is 0 Å². The predicted molar refractivity (Wildman–Crippen MR) is 71.9 cm³/mol. The number of hydrogen-bond acceptors (Lipinski definition) is 2. The van der Waals surface area contributed by atoms with Gasteiger partial charge in [0.25, 0.3) is 0 Å². The molecule has 2 aromatic carbocycles. The van der Waals surface area contributed by atoms with Gasteiger partial charge in [0.15, 0.2) is 11.6 Å². The van der Waals surface area contributed by atoms with E-state index in [9.17, 15) is 8.78 Å². The molecule has 0 aromatic heterocycles. The van der Waals surface area contributed by atoms with Gasteiger partial charge in [0.2, 0.25) is 0 Å². The molecule has 18 heavy (non-hydrogen) atoms. The van der Waals surface area contributed by atoms with E-state index >= 15 is 0 Å². The van der Waals surface area contributed by atoms with E-state index in [2.05, 4.69) is 5.32 Å². The van der Waals surface area contributed by atoms with Crippen LogP contribution in [0, 0.1) is 11.6 Å². The zero-order valence-electron chi connectivity index (χ0n) is 9.91. The first kappa shape index (κ1) is 12.9. The number of anilines is 1. The molecule has 0 aliphatic carbocycles. The SMILES string of the molecule is CSc1cccc(NCc2cccc(F)c2F)c1. The minimum Gasteiger partial charge on any atom is -0.381 e. The lowest BCUT2D eigenvalue weighted by Gasteiger charge is -2.08. The lowest BCUT2D eigenvalue weighted by atomic mass is 10.2. The number of halogens is 2. The smallest absolute Gasteiger partial charge is 0.163 e. The van der Waals surface area contributed by atoms with Gasteiger partial charge in [-0.15, -0.1) is 11.8 Å². The zero-order chi connectivity index (χ0) is 13.0. The molecule has 0 fully saturated rings. The van der Waals surface area contributed by atoms with Crippen molar-refractivity contribution in [3.05, 3.63) is 59.7 Å². The Bertz CT molecular complexity index is 543. The van der Waals surface area contributed by atoms with Gasteiger partial charge in [-0.1, -0.05) is 18.2 Å². The van der Waals surface area contributed by atoms with Crippen molar-refractivity contribution in [2.75, 3.05) is 11.6 Å². The van der Waals surface area contributed by atoms with E-state index in [4.69, 9.17) is 0 Å². The molecular formula is C14H13F2NS. The average Bonchev–Trinajstić information content (AvgIpc) is 2.41. The Kier molecular flexibility index (Phi) is 4.20. The van der Waals surface area contributed by atoms with Crippen LogP contribution in [-0.2, 0) is 6.54 Å². The Labute approximate surface area is 109 Å². The monoisotopic (exact) mass is 265 g/mol. The summed E-state index contributed by atoms with van der Waals surface area (Å²) in [6.07, 6.45) is 1.99. The summed E-state index contributed by atoms with van der Waals surface area (Å²) in [4.78, 5) is 1.12. The third kappa shape index (κ3) is 3.01. The van der Waals surface area contributed by atoms with Crippen LogP contribution in [0.4, 0.5) is 14.5 Å². The Morgan fingerprint density at radius 3 is 2.67 bits per heavy atom. The minimum atomic E-state index is -0.813. The molecule has 0 atom stereocenters. The van der Waals surface area contributed by atoms with Crippen molar-refractivity contribution in [2.24, 2.45) is 0 Å². The van der Waals surface area contributed by atoms with Crippen LogP contribution in [0.15, 0.2) is 47.4 Å². The van der Waals surface area contributed by atoms with Crippen molar-refractivity contribution >= 4 is 17.4 Å². The third-order valence-electron chi connectivity index (χ3n) is 2.58. The standard InChI is InChI=1S/C14H13F2NS/c1-18-12-6-3-5-11(8-12)17-9-10-4-2-7-13(15)14(10)16/h2-8,17H,9H2,1H3. The van der Waals surface area contributed by atoms with Crippen molar-refractivity contribution in [3.63, 3.8) is 0 Å². The summed E-state index contributed by atoms with van der Waals surface area (Å²) >= 11 is 1.64. The van der Waals surface area contributed by atoms with E-state index in [0.29, 0.717) is 5.56 Å². The molecule has 0 radical (unpaired) electrons. The first-order valence-corrected chi connectivity index (χ1v) is 6.74. The molecule has 0 saturated carbocycles. The van der Waals surface area contributed by atoms with Crippen LogP contribution in [0.1, 0.15) is 5.56 Å². The summed E-state index contributed by atoms with van der Waals surface area (Å²) in [5.41, 5.74) is 1.22. The van der Waals surface area contributed by atoms with Gasteiger partial charge in [-0.3, -0.25) is 0 Å². The Balaban J connectivity index is 2.09. The van der Waals surface area contributed by atoms with Gasteiger partial charge in [-0.05, 0) is 30.5 Å². The van der Waals surface area contributed by atoms with Crippen LogP contribution >= 0.6 is 11.8 Å². The van der Waals surface area contributed by atoms with Crippen molar-refractivity contribution in [3.8, 4) is 0 Å². The number of hydrogen-bond donors (Lipinski definition) is 1.